The Bertz CT molecular complexity index is 425. The molecule has 15 heavy (non-hydrogen) atoms. The quantitative estimate of drug-likeness (QED) is 0.533. The van der Waals surface area contributed by atoms with Gasteiger partial charge in [0.1, 0.15) is 0 Å². The van der Waals surface area contributed by atoms with Crippen LogP contribution < -0.4 is 8.79 Å². The van der Waals surface area contributed by atoms with E-state index in [2.05, 4.69) is 48.5 Å². The molecule has 1 aliphatic heterocycles. The summed E-state index contributed by atoms with van der Waals surface area (Å²) in [4.78, 5) is 0. The van der Waals surface area contributed by atoms with E-state index in [1.807, 2.05) is 0 Å². The molecule has 0 N–H and O–H groups in total. The fourth-order valence-electron chi connectivity index (χ4n) is 1.80. The van der Waals surface area contributed by atoms with Crippen molar-refractivity contribution in [3.8, 4) is 11.1 Å². The Morgan fingerprint density at radius 3 is 1.47 bits per heavy atom. The third-order valence-electron chi connectivity index (χ3n) is 2.41. The van der Waals surface area contributed by atoms with Crippen LogP contribution >= 0.6 is 0 Å². The number of benzene rings is 2. The van der Waals surface area contributed by atoms with Gasteiger partial charge in [0.25, 0.3) is 0 Å². The molecule has 0 aromatic heterocycles. The fraction of sp³-hybridized carbons (Fsp3) is 0. The monoisotopic (exact) mass is 304 g/mol. The molecule has 2 aromatic carbocycles. The third-order valence-corrected chi connectivity index (χ3v) is 5.37. The van der Waals surface area contributed by atoms with Gasteiger partial charge in [-0.3, -0.25) is 0 Å². The van der Waals surface area contributed by atoms with E-state index in [1.165, 1.54) is 11.1 Å². The van der Waals surface area contributed by atoms with Crippen LogP contribution in [0.1, 0.15) is 0 Å². The summed E-state index contributed by atoms with van der Waals surface area (Å²) in [5, 5.41) is 0. The zero-order valence-corrected chi connectivity index (χ0v) is 17.5. The average molecular weight is 303 g/mol. The standard InChI is InChI=1S/C12H8Ge.2K/c1-3-7-11-9(5-1)10-6-2-4-8-12(10)13-11;;/h1-8H;;. The van der Waals surface area contributed by atoms with Gasteiger partial charge in [-0.1, -0.05) is 0 Å². The minimum absolute atomic E-state index is 0. The van der Waals surface area contributed by atoms with Gasteiger partial charge in [0.2, 0.25) is 0 Å². The van der Waals surface area contributed by atoms with Gasteiger partial charge < -0.3 is 0 Å². The van der Waals surface area contributed by atoms with Gasteiger partial charge in [-0.2, -0.15) is 0 Å². The van der Waals surface area contributed by atoms with Crippen LogP contribution in [0.3, 0.4) is 0 Å². The molecule has 3 rings (SSSR count). The Morgan fingerprint density at radius 1 is 0.600 bits per heavy atom. The van der Waals surface area contributed by atoms with Crippen LogP contribution in [-0.2, 0) is 0 Å². The van der Waals surface area contributed by atoms with Crippen molar-refractivity contribution >= 4 is 127 Å². The second kappa shape index (κ2) is 7.00. The Hall–Kier alpha value is 2.26. The van der Waals surface area contributed by atoms with Gasteiger partial charge in [0, 0.05) is 103 Å². The summed E-state index contributed by atoms with van der Waals surface area (Å²) in [6.45, 7) is 0. The molecule has 1 aliphatic rings. The van der Waals surface area contributed by atoms with Gasteiger partial charge in [0.05, 0.1) is 0 Å². The molecule has 0 aliphatic carbocycles. The van der Waals surface area contributed by atoms with Crippen LogP contribution in [-0.4, -0.2) is 118 Å². The van der Waals surface area contributed by atoms with Crippen LogP contribution in [0.2, 0.25) is 0 Å². The first kappa shape index (κ1) is 15.3. The predicted octanol–water partition coefficient (Wildman–Crippen LogP) is 0.560. The maximum absolute atomic E-state index is 2.27. The van der Waals surface area contributed by atoms with Crippen LogP contribution in [0.4, 0.5) is 0 Å². The average Bonchev–Trinajstić information content (AvgIpc) is 2.56. The second-order valence-electron chi connectivity index (χ2n) is 3.22. The molecule has 0 spiro atoms. The number of hydrogen-bond donors (Lipinski definition) is 0. The zero-order chi connectivity index (χ0) is 8.67. The van der Waals surface area contributed by atoms with Crippen molar-refractivity contribution in [1.82, 2.24) is 0 Å². The Balaban J connectivity index is 0.000000562. The van der Waals surface area contributed by atoms with Crippen LogP contribution in [0, 0.1) is 0 Å². The predicted molar refractivity (Wildman–Crippen MR) is 68.4 cm³/mol. The van der Waals surface area contributed by atoms with Gasteiger partial charge >= 0.3 is 83.9 Å². The van der Waals surface area contributed by atoms with Crippen molar-refractivity contribution in [2.75, 3.05) is 0 Å². The molecule has 0 atom stereocenters. The molecule has 0 fully saturated rings. The molecule has 2 aromatic rings. The van der Waals surface area contributed by atoms with Crippen LogP contribution in [0.5, 0.6) is 0 Å². The minimum atomic E-state index is -0.0337. The molecule has 1 heterocycles. The van der Waals surface area contributed by atoms with Gasteiger partial charge in [-0.15, -0.1) is 0 Å². The van der Waals surface area contributed by atoms with Crippen molar-refractivity contribution in [1.29, 1.82) is 0 Å². The first-order chi connectivity index (χ1) is 6.45. The van der Waals surface area contributed by atoms with E-state index in [1.54, 1.807) is 8.79 Å². The van der Waals surface area contributed by atoms with E-state index in [9.17, 15) is 0 Å². The molecule has 62 valence electrons. The molecule has 0 saturated heterocycles. The molecule has 4 radical (unpaired) electrons. The van der Waals surface area contributed by atoms with Crippen LogP contribution in [0.15, 0.2) is 48.5 Å². The topological polar surface area (TPSA) is 0 Å². The van der Waals surface area contributed by atoms with E-state index in [0.29, 0.717) is 0 Å². The summed E-state index contributed by atoms with van der Waals surface area (Å²) < 4.78 is 3.17. The van der Waals surface area contributed by atoms with Crippen LogP contribution in [0.25, 0.3) is 11.1 Å². The van der Waals surface area contributed by atoms with E-state index >= 15 is 0 Å². The van der Waals surface area contributed by atoms with Gasteiger partial charge in [-0.25, -0.2) is 0 Å². The van der Waals surface area contributed by atoms with E-state index < -0.39 is 0 Å². The van der Waals surface area contributed by atoms with E-state index in [4.69, 9.17) is 0 Å². The van der Waals surface area contributed by atoms with Crippen molar-refractivity contribution in [3.05, 3.63) is 48.5 Å². The zero-order valence-electron chi connectivity index (χ0n) is 9.12. The SMILES string of the molecule is [K].[K].c1ccc2[c](c1)[Ge][c]1ccccc1-2. The fourth-order valence-corrected chi connectivity index (χ4v) is 4.64. The Labute approximate surface area is 182 Å². The first-order valence-electron chi connectivity index (χ1n) is 4.40. The normalized spacial score (nSPS) is 10.7. The summed E-state index contributed by atoms with van der Waals surface area (Å²) in [5.41, 5.74) is 2.94. The summed E-state index contributed by atoms with van der Waals surface area (Å²) in [5.74, 6) is 0. The molecule has 3 heteroatoms. The maximum atomic E-state index is 2.27. The van der Waals surface area contributed by atoms with Gasteiger partial charge in [0.15, 0.2) is 0 Å². The first-order valence-corrected chi connectivity index (χ1v) is 6.50. The van der Waals surface area contributed by atoms with Crippen molar-refractivity contribution in [2.45, 2.75) is 0 Å². The van der Waals surface area contributed by atoms with Crippen molar-refractivity contribution < 1.29 is 0 Å². The molecule has 0 unspecified atom stereocenters. The summed E-state index contributed by atoms with van der Waals surface area (Å²) in [6.07, 6.45) is 0. The van der Waals surface area contributed by atoms with Gasteiger partial charge in [-0.05, 0) is 0 Å². The molecule has 0 bridgehead atoms. The number of hydrogen-bond acceptors (Lipinski definition) is 0. The Morgan fingerprint density at radius 2 is 1.00 bits per heavy atom. The molecule has 0 saturated carbocycles. The van der Waals surface area contributed by atoms with E-state index in [-0.39, 0.29) is 118 Å². The molecular weight excluding hydrogens is 295 g/mol. The number of fused-ring (bicyclic) bond motifs is 3. The third kappa shape index (κ3) is 3.18. The molecular formula is C12H8GeK2. The van der Waals surface area contributed by atoms with Crippen molar-refractivity contribution in [2.24, 2.45) is 0 Å². The summed E-state index contributed by atoms with van der Waals surface area (Å²) in [7, 11) is 0. The van der Waals surface area contributed by atoms with Crippen molar-refractivity contribution in [3.63, 3.8) is 0 Å². The summed E-state index contributed by atoms with van der Waals surface area (Å²) >= 11 is -0.0337. The number of rotatable bonds is 0. The second-order valence-corrected chi connectivity index (χ2v) is 6.00. The Kier molecular flexibility index (Phi) is 7.14. The molecule has 0 nitrogen and oxygen atoms in total. The summed E-state index contributed by atoms with van der Waals surface area (Å²) in [6, 6.07) is 17.6. The van der Waals surface area contributed by atoms with E-state index in [0.717, 1.165) is 0 Å². The molecule has 0 amide bonds.